The summed E-state index contributed by atoms with van der Waals surface area (Å²) in [6.45, 7) is 0. The fraction of sp³-hybridized carbons (Fsp3) is 0.0200. The smallest absolute Gasteiger partial charge is 0.266 e. The van der Waals surface area contributed by atoms with Crippen LogP contribution in [-0.2, 0) is 5.41 Å². The zero-order valence-corrected chi connectivity index (χ0v) is 29.3. The molecule has 4 heteroatoms. The minimum absolute atomic E-state index is 0.0560. The Balaban J connectivity index is 1.37. The predicted molar refractivity (Wildman–Crippen MR) is 218 cm³/mol. The van der Waals surface area contributed by atoms with Gasteiger partial charge in [0.05, 0.1) is 33.7 Å². The average molecular weight is 695 g/mol. The van der Waals surface area contributed by atoms with E-state index in [2.05, 4.69) is 163 Å². The third-order valence-corrected chi connectivity index (χ3v) is 10.9. The normalized spacial score (nSPS) is 13.4. The van der Waals surface area contributed by atoms with E-state index in [1.165, 1.54) is 0 Å². The van der Waals surface area contributed by atoms with E-state index in [0.29, 0.717) is 0 Å². The zero-order valence-electron chi connectivity index (χ0n) is 29.3. The summed E-state index contributed by atoms with van der Waals surface area (Å²) in [6.07, 6.45) is 0. The van der Waals surface area contributed by atoms with E-state index in [1.54, 1.807) is 24.3 Å². The van der Waals surface area contributed by atoms with Crippen molar-refractivity contribution in [3.05, 3.63) is 228 Å². The summed E-state index contributed by atoms with van der Waals surface area (Å²) in [5.41, 5.74) is 12.6. The molecule has 0 saturated heterocycles. The van der Waals surface area contributed by atoms with Crippen molar-refractivity contribution in [2.45, 2.75) is 5.41 Å². The van der Waals surface area contributed by atoms with Gasteiger partial charge in [-0.1, -0.05) is 140 Å². The SMILES string of the molecule is O=C(c1ccccc1O)N1c2ccc(-c3ccccc3)cc2C2(c3cc(-c4ccccc4)ccc31)c1ccccc1N(c1ccccc1)c1ccccc12. The van der Waals surface area contributed by atoms with Gasteiger partial charge in [-0.15, -0.1) is 0 Å². The van der Waals surface area contributed by atoms with E-state index in [9.17, 15) is 5.11 Å². The van der Waals surface area contributed by atoms with Gasteiger partial charge in [0.1, 0.15) is 5.75 Å². The number of rotatable bonds is 4. The largest absolute Gasteiger partial charge is 0.507 e. The first kappa shape index (κ1) is 31.6. The summed E-state index contributed by atoms with van der Waals surface area (Å²) < 4.78 is 0. The van der Waals surface area contributed by atoms with Crippen LogP contribution in [0, 0.1) is 0 Å². The van der Waals surface area contributed by atoms with E-state index >= 15 is 4.79 Å². The Morgan fingerprint density at radius 3 is 1.37 bits per heavy atom. The number of benzene rings is 8. The Kier molecular flexibility index (Phi) is 7.31. The van der Waals surface area contributed by atoms with Gasteiger partial charge in [0.15, 0.2) is 0 Å². The summed E-state index contributed by atoms with van der Waals surface area (Å²) in [5.74, 6) is -0.353. The Bertz CT molecular complexity index is 2570. The van der Waals surface area contributed by atoms with Crippen molar-refractivity contribution in [2.24, 2.45) is 0 Å². The maximum atomic E-state index is 15.0. The number of phenolic OH excluding ortho intramolecular Hbond substituents is 1. The quantitative estimate of drug-likeness (QED) is 0.199. The van der Waals surface area contributed by atoms with Gasteiger partial charge in [-0.2, -0.15) is 0 Å². The highest BCUT2D eigenvalue weighted by Gasteiger charge is 2.52. The van der Waals surface area contributed by atoms with E-state index in [-0.39, 0.29) is 17.2 Å². The van der Waals surface area contributed by atoms with Gasteiger partial charge in [0, 0.05) is 5.69 Å². The molecule has 10 rings (SSSR count). The standard InChI is InChI=1S/C50H34N2O2/c53-48-27-15-10-22-39(48)49(54)52-46-30-28-36(34-16-4-1-5-17-34)32-42(46)50(43-33-37(29-31-47(43)52)35-18-6-2-7-19-35)40-23-11-13-25-44(40)51(38-20-8-3-9-21-38)45-26-14-12-24-41(45)50/h1-33,53H. The molecule has 4 nitrogen and oxygen atoms in total. The van der Waals surface area contributed by atoms with Crippen LogP contribution >= 0.6 is 0 Å². The number of fused-ring (bicyclic) bond motifs is 8. The molecule has 0 aromatic heterocycles. The van der Waals surface area contributed by atoms with Crippen LogP contribution in [0.3, 0.4) is 0 Å². The number of hydrogen-bond donors (Lipinski definition) is 1. The lowest BCUT2D eigenvalue weighted by Crippen LogP contribution is -2.44. The zero-order chi connectivity index (χ0) is 36.2. The first-order valence-corrected chi connectivity index (χ1v) is 18.2. The van der Waals surface area contributed by atoms with Gasteiger partial charge in [0.25, 0.3) is 5.91 Å². The minimum Gasteiger partial charge on any atom is -0.507 e. The van der Waals surface area contributed by atoms with Crippen molar-refractivity contribution in [1.29, 1.82) is 0 Å². The molecule has 0 radical (unpaired) electrons. The molecule has 0 saturated carbocycles. The van der Waals surface area contributed by atoms with Crippen molar-refractivity contribution in [3.63, 3.8) is 0 Å². The number of para-hydroxylation sites is 4. The second kappa shape index (κ2) is 12.5. The first-order valence-electron chi connectivity index (χ1n) is 18.2. The summed E-state index contributed by atoms with van der Waals surface area (Å²) in [6, 6.07) is 68.4. The third kappa shape index (κ3) is 4.67. The topological polar surface area (TPSA) is 43.8 Å². The van der Waals surface area contributed by atoms with E-state index < -0.39 is 5.41 Å². The number of carbonyl (C=O) groups is 1. The van der Waals surface area contributed by atoms with Crippen molar-refractivity contribution >= 4 is 34.3 Å². The maximum absolute atomic E-state index is 15.0. The van der Waals surface area contributed by atoms with Crippen LogP contribution in [0.15, 0.2) is 200 Å². The van der Waals surface area contributed by atoms with Crippen molar-refractivity contribution in [3.8, 4) is 28.0 Å². The van der Waals surface area contributed by atoms with Crippen molar-refractivity contribution in [2.75, 3.05) is 9.80 Å². The molecule has 2 aliphatic rings. The summed E-state index contributed by atoms with van der Waals surface area (Å²) in [4.78, 5) is 19.2. The molecular weight excluding hydrogens is 661 g/mol. The predicted octanol–water partition coefficient (Wildman–Crippen LogP) is 12.2. The fourth-order valence-electron chi connectivity index (χ4n) is 8.63. The van der Waals surface area contributed by atoms with Crippen LogP contribution < -0.4 is 9.80 Å². The number of aromatic hydroxyl groups is 1. The number of nitrogens with zero attached hydrogens (tertiary/aromatic N) is 2. The summed E-state index contributed by atoms with van der Waals surface area (Å²) >= 11 is 0. The number of carbonyl (C=O) groups excluding carboxylic acids is 1. The minimum atomic E-state index is -0.853. The van der Waals surface area contributed by atoms with Crippen molar-refractivity contribution in [1.82, 2.24) is 0 Å². The molecule has 0 aliphatic carbocycles. The number of amides is 1. The Labute approximate surface area is 314 Å². The molecule has 0 bridgehead atoms. The highest BCUT2D eigenvalue weighted by Crippen LogP contribution is 2.64. The average Bonchev–Trinajstić information content (AvgIpc) is 3.24. The van der Waals surface area contributed by atoms with Crippen molar-refractivity contribution < 1.29 is 9.90 Å². The van der Waals surface area contributed by atoms with E-state index in [1.807, 2.05) is 23.1 Å². The van der Waals surface area contributed by atoms with Gasteiger partial charge in [0.2, 0.25) is 0 Å². The Morgan fingerprint density at radius 1 is 0.407 bits per heavy atom. The molecule has 0 unspecified atom stereocenters. The highest BCUT2D eigenvalue weighted by atomic mass is 16.3. The van der Waals surface area contributed by atoms with Crippen LogP contribution in [0.25, 0.3) is 22.3 Å². The van der Waals surface area contributed by atoms with Crippen LogP contribution in [0.5, 0.6) is 5.75 Å². The van der Waals surface area contributed by atoms with Crippen LogP contribution in [-0.4, -0.2) is 11.0 Å². The molecule has 1 amide bonds. The van der Waals surface area contributed by atoms with E-state index in [0.717, 1.165) is 72.9 Å². The fourth-order valence-corrected chi connectivity index (χ4v) is 8.63. The monoisotopic (exact) mass is 694 g/mol. The molecule has 54 heavy (non-hydrogen) atoms. The summed E-state index contributed by atoms with van der Waals surface area (Å²) in [7, 11) is 0. The molecular formula is C50H34N2O2. The molecule has 2 aliphatic heterocycles. The third-order valence-electron chi connectivity index (χ3n) is 10.9. The molecule has 1 spiro atoms. The van der Waals surface area contributed by atoms with Gasteiger partial charge < -0.3 is 10.0 Å². The number of hydrogen-bond acceptors (Lipinski definition) is 3. The van der Waals surface area contributed by atoms with Gasteiger partial charge >= 0.3 is 0 Å². The number of phenols is 1. The number of anilines is 5. The summed E-state index contributed by atoms with van der Waals surface area (Å²) in [5, 5.41) is 11.1. The Morgan fingerprint density at radius 2 is 0.852 bits per heavy atom. The van der Waals surface area contributed by atoms with Gasteiger partial charge in [-0.25, -0.2) is 0 Å². The molecule has 0 atom stereocenters. The maximum Gasteiger partial charge on any atom is 0.266 e. The molecule has 256 valence electrons. The highest BCUT2D eigenvalue weighted by molar-refractivity contribution is 6.15. The molecule has 1 N–H and O–H groups in total. The van der Waals surface area contributed by atoms with Gasteiger partial charge in [-0.3, -0.25) is 9.69 Å². The van der Waals surface area contributed by atoms with E-state index in [4.69, 9.17) is 0 Å². The first-order chi connectivity index (χ1) is 26.6. The van der Waals surface area contributed by atoms with Crippen LogP contribution in [0.4, 0.5) is 28.4 Å². The molecule has 8 aromatic carbocycles. The lowest BCUT2D eigenvalue weighted by Gasteiger charge is -2.51. The lowest BCUT2D eigenvalue weighted by atomic mass is 9.59. The molecule has 8 aromatic rings. The second-order valence-electron chi connectivity index (χ2n) is 13.8. The molecule has 2 heterocycles. The van der Waals surface area contributed by atoms with Gasteiger partial charge in [-0.05, 0) is 105 Å². The van der Waals surface area contributed by atoms with Crippen LogP contribution in [0.2, 0.25) is 0 Å². The second-order valence-corrected chi connectivity index (χ2v) is 13.8. The lowest BCUT2D eigenvalue weighted by molar-refractivity contribution is 0.0995. The van der Waals surface area contributed by atoms with Crippen LogP contribution in [0.1, 0.15) is 32.6 Å². The molecule has 0 fully saturated rings. The Hall–Kier alpha value is -7.17.